The van der Waals surface area contributed by atoms with Crippen LogP contribution in [0.25, 0.3) is 0 Å². The Labute approximate surface area is 153 Å². The van der Waals surface area contributed by atoms with Crippen LogP contribution in [0, 0.1) is 6.92 Å². The Hall–Kier alpha value is -3.15. The molecule has 0 saturated carbocycles. The van der Waals surface area contributed by atoms with Gasteiger partial charge in [0.2, 0.25) is 5.91 Å². The number of unbranched alkanes of at least 4 members (excludes halogenated alkanes) is 1. The summed E-state index contributed by atoms with van der Waals surface area (Å²) in [6.45, 7) is 3.91. The monoisotopic (exact) mass is 353 g/mol. The van der Waals surface area contributed by atoms with Crippen LogP contribution in [0.3, 0.4) is 0 Å². The van der Waals surface area contributed by atoms with Gasteiger partial charge in [-0.25, -0.2) is 0 Å². The second-order valence-electron chi connectivity index (χ2n) is 6.01. The van der Waals surface area contributed by atoms with Crippen LogP contribution in [0.2, 0.25) is 0 Å². The van der Waals surface area contributed by atoms with Gasteiger partial charge in [0.25, 0.3) is 11.8 Å². The number of hydrogen-bond donors (Lipinski definition) is 3. The summed E-state index contributed by atoms with van der Waals surface area (Å²) in [5.41, 5.74) is 7.20. The predicted octanol–water partition coefficient (Wildman–Crippen LogP) is 3.20. The lowest BCUT2D eigenvalue weighted by Gasteiger charge is -2.09. The zero-order valence-electron chi connectivity index (χ0n) is 15.0. The first-order valence-corrected chi connectivity index (χ1v) is 8.57. The second kappa shape index (κ2) is 9.36. The van der Waals surface area contributed by atoms with Gasteiger partial charge in [-0.1, -0.05) is 31.0 Å². The molecule has 2 aromatic carbocycles. The molecule has 0 unspecified atom stereocenters. The molecule has 0 radical (unpaired) electrons. The molecule has 2 aromatic rings. The van der Waals surface area contributed by atoms with E-state index < -0.39 is 5.91 Å². The minimum atomic E-state index is -0.435. The molecule has 0 aromatic heterocycles. The lowest BCUT2D eigenvalue weighted by molar-refractivity contribution is -0.116. The van der Waals surface area contributed by atoms with E-state index in [1.54, 1.807) is 42.5 Å². The van der Waals surface area contributed by atoms with Crippen LogP contribution in [0.1, 0.15) is 52.5 Å². The summed E-state index contributed by atoms with van der Waals surface area (Å²) in [7, 11) is 0. The van der Waals surface area contributed by atoms with Crippen molar-refractivity contribution in [1.82, 2.24) is 10.9 Å². The molecule has 3 N–H and O–H groups in total. The maximum Gasteiger partial charge on any atom is 0.269 e. The third kappa shape index (κ3) is 5.73. The number of hydrazine groups is 1. The molecule has 0 aliphatic heterocycles. The highest BCUT2D eigenvalue weighted by atomic mass is 16.2. The van der Waals surface area contributed by atoms with E-state index in [1.807, 2.05) is 19.9 Å². The van der Waals surface area contributed by atoms with Crippen molar-refractivity contribution in [3.05, 3.63) is 65.2 Å². The number of hydrogen-bond acceptors (Lipinski definition) is 3. The average molecular weight is 353 g/mol. The van der Waals surface area contributed by atoms with Crippen molar-refractivity contribution in [2.24, 2.45) is 0 Å². The first-order valence-electron chi connectivity index (χ1n) is 8.57. The molecule has 0 spiro atoms. The molecular weight excluding hydrogens is 330 g/mol. The maximum atomic E-state index is 12.1. The van der Waals surface area contributed by atoms with Gasteiger partial charge in [-0.15, -0.1) is 0 Å². The van der Waals surface area contributed by atoms with Crippen molar-refractivity contribution in [2.75, 3.05) is 5.32 Å². The first-order chi connectivity index (χ1) is 12.5. The van der Waals surface area contributed by atoms with Crippen molar-refractivity contribution in [3.63, 3.8) is 0 Å². The topological polar surface area (TPSA) is 87.3 Å². The van der Waals surface area contributed by atoms with Crippen LogP contribution >= 0.6 is 0 Å². The number of nitrogens with one attached hydrogen (secondary N) is 3. The van der Waals surface area contributed by atoms with E-state index in [-0.39, 0.29) is 11.8 Å². The predicted molar refractivity (Wildman–Crippen MR) is 101 cm³/mol. The fourth-order valence-corrected chi connectivity index (χ4v) is 2.31. The number of anilines is 1. The van der Waals surface area contributed by atoms with Crippen LogP contribution in [-0.4, -0.2) is 17.7 Å². The zero-order valence-corrected chi connectivity index (χ0v) is 15.0. The summed E-state index contributed by atoms with van der Waals surface area (Å²) in [6.07, 6.45) is 2.28. The van der Waals surface area contributed by atoms with Crippen LogP contribution in [0.5, 0.6) is 0 Å². The van der Waals surface area contributed by atoms with Crippen LogP contribution in [-0.2, 0) is 4.79 Å². The molecule has 136 valence electrons. The average Bonchev–Trinajstić information content (AvgIpc) is 2.64. The normalized spacial score (nSPS) is 10.1. The van der Waals surface area contributed by atoms with Gasteiger partial charge in [0, 0.05) is 23.2 Å². The highest BCUT2D eigenvalue weighted by Crippen LogP contribution is 2.10. The van der Waals surface area contributed by atoms with Crippen molar-refractivity contribution in [2.45, 2.75) is 33.1 Å². The molecule has 6 heteroatoms. The van der Waals surface area contributed by atoms with E-state index in [9.17, 15) is 14.4 Å². The quantitative estimate of drug-likeness (QED) is 0.697. The van der Waals surface area contributed by atoms with Gasteiger partial charge in [0.05, 0.1) is 0 Å². The van der Waals surface area contributed by atoms with Crippen LogP contribution < -0.4 is 16.2 Å². The van der Waals surface area contributed by atoms with Gasteiger partial charge in [0.1, 0.15) is 0 Å². The minimum Gasteiger partial charge on any atom is -0.326 e. The molecule has 3 amide bonds. The Bertz CT molecular complexity index is 785. The van der Waals surface area contributed by atoms with Crippen LogP contribution in [0.15, 0.2) is 48.5 Å². The summed E-state index contributed by atoms with van der Waals surface area (Å²) >= 11 is 0. The molecular formula is C20H23N3O3. The number of carbonyl (C=O) groups is 3. The molecule has 0 aliphatic carbocycles. The molecule has 0 atom stereocenters. The minimum absolute atomic E-state index is 0.0468. The third-order valence-corrected chi connectivity index (χ3v) is 3.76. The number of aryl methyl sites for hydroxylation is 1. The first kappa shape index (κ1) is 19.2. The van der Waals surface area contributed by atoms with Gasteiger partial charge in [0.15, 0.2) is 0 Å². The second-order valence-corrected chi connectivity index (χ2v) is 6.01. The Balaban J connectivity index is 1.87. The Kier molecular flexibility index (Phi) is 6.91. The van der Waals surface area contributed by atoms with E-state index in [4.69, 9.17) is 0 Å². The van der Waals surface area contributed by atoms with Crippen molar-refractivity contribution >= 4 is 23.4 Å². The molecule has 0 heterocycles. The van der Waals surface area contributed by atoms with E-state index in [0.717, 1.165) is 18.4 Å². The van der Waals surface area contributed by atoms with Gasteiger partial charge in [-0.2, -0.15) is 0 Å². The van der Waals surface area contributed by atoms with E-state index in [1.165, 1.54) is 0 Å². The molecule has 26 heavy (non-hydrogen) atoms. The molecule has 0 fully saturated rings. The fourth-order valence-electron chi connectivity index (χ4n) is 2.31. The van der Waals surface area contributed by atoms with Gasteiger partial charge < -0.3 is 5.32 Å². The van der Waals surface area contributed by atoms with Crippen LogP contribution in [0.4, 0.5) is 5.69 Å². The number of amides is 3. The highest BCUT2D eigenvalue weighted by molar-refractivity contribution is 5.99. The van der Waals surface area contributed by atoms with Gasteiger partial charge in [-0.05, 0) is 49.7 Å². The summed E-state index contributed by atoms with van der Waals surface area (Å²) < 4.78 is 0. The Morgan fingerprint density at radius 1 is 0.885 bits per heavy atom. The molecule has 2 rings (SSSR count). The number of carbonyl (C=O) groups excluding carboxylic acids is 3. The summed E-state index contributed by atoms with van der Waals surface area (Å²) in [4.78, 5) is 35.8. The maximum absolute atomic E-state index is 12.1. The zero-order chi connectivity index (χ0) is 18.9. The van der Waals surface area contributed by atoms with Gasteiger partial charge >= 0.3 is 0 Å². The van der Waals surface area contributed by atoms with E-state index in [2.05, 4.69) is 16.2 Å². The standard InChI is InChI=1S/C20H23N3O3/c1-3-4-8-18(24)21-17-11-9-15(10-12-17)19(25)22-23-20(26)16-7-5-6-14(2)13-16/h5-7,9-13H,3-4,8H2,1-2H3,(H,21,24)(H,22,25)(H,23,26). The lowest BCUT2D eigenvalue weighted by atomic mass is 10.1. The Morgan fingerprint density at radius 2 is 1.54 bits per heavy atom. The molecule has 0 saturated heterocycles. The third-order valence-electron chi connectivity index (χ3n) is 3.76. The van der Waals surface area contributed by atoms with Crippen molar-refractivity contribution in [1.29, 1.82) is 0 Å². The molecule has 0 aliphatic rings. The number of rotatable bonds is 6. The summed E-state index contributed by atoms with van der Waals surface area (Å²) in [5, 5.41) is 2.78. The molecule has 6 nitrogen and oxygen atoms in total. The van der Waals surface area contributed by atoms with E-state index in [0.29, 0.717) is 23.2 Å². The lowest BCUT2D eigenvalue weighted by Crippen LogP contribution is -2.41. The largest absolute Gasteiger partial charge is 0.326 e. The summed E-state index contributed by atoms with van der Waals surface area (Å²) in [6, 6.07) is 13.6. The van der Waals surface area contributed by atoms with Crippen molar-refractivity contribution in [3.8, 4) is 0 Å². The Morgan fingerprint density at radius 3 is 2.15 bits per heavy atom. The fraction of sp³-hybridized carbons (Fsp3) is 0.250. The van der Waals surface area contributed by atoms with Crippen molar-refractivity contribution < 1.29 is 14.4 Å². The van der Waals surface area contributed by atoms with Gasteiger partial charge in [-0.3, -0.25) is 25.2 Å². The molecule has 0 bridgehead atoms. The summed E-state index contributed by atoms with van der Waals surface area (Å²) in [5.74, 6) is -0.869. The highest BCUT2D eigenvalue weighted by Gasteiger charge is 2.09. The smallest absolute Gasteiger partial charge is 0.269 e. The SMILES string of the molecule is CCCCC(=O)Nc1ccc(C(=O)NNC(=O)c2cccc(C)c2)cc1. The number of benzene rings is 2. The van der Waals surface area contributed by atoms with E-state index >= 15 is 0 Å².